The van der Waals surface area contributed by atoms with E-state index in [4.69, 9.17) is 4.74 Å². The highest BCUT2D eigenvalue weighted by atomic mass is 16.6. The lowest BCUT2D eigenvalue weighted by molar-refractivity contribution is -0.0710. The number of nitrogens with one attached hydrogen (secondary N) is 1. The van der Waals surface area contributed by atoms with E-state index in [0.717, 1.165) is 25.9 Å². The lowest BCUT2D eigenvalue weighted by Gasteiger charge is -2.54. The summed E-state index contributed by atoms with van der Waals surface area (Å²) in [6.45, 7) is 7.56. The molecule has 1 spiro atoms. The third kappa shape index (κ3) is 2.17. The van der Waals surface area contributed by atoms with Gasteiger partial charge in [0.15, 0.2) is 0 Å². The number of hydrogen-bond donors (Lipinski definition) is 1. The third-order valence-corrected chi connectivity index (χ3v) is 3.35. The number of likely N-dealkylation sites (tertiary alicyclic amines) is 1. The smallest absolute Gasteiger partial charge is 0.411 e. The van der Waals surface area contributed by atoms with E-state index >= 15 is 0 Å². The molecule has 1 N–H and O–H groups in total. The third-order valence-electron chi connectivity index (χ3n) is 3.35. The molecule has 92 valence electrons. The summed E-state index contributed by atoms with van der Waals surface area (Å²) in [5, 5.41) is 3.47. The molecule has 1 atom stereocenters. The molecule has 16 heavy (non-hydrogen) atoms. The zero-order chi connectivity index (χ0) is 11.8. The molecule has 2 saturated heterocycles. The summed E-state index contributed by atoms with van der Waals surface area (Å²) in [4.78, 5) is 13.8. The van der Waals surface area contributed by atoms with Crippen LogP contribution in [-0.4, -0.2) is 35.3 Å². The van der Waals surface area contributed by atoms with Crippen LogP contribution >= 0.6 is 0 Å². The van der Waals surface area contributed by atoms with Crippen LogP contribution in [0, 0.1) is 0 Å². The van der Waals surface area contributed by atoms with E-state index in [1.165, 1.54) is 12.8 Å². The molecular weight excluding hydrogens is 204 g/mol. The lowest BCUT2D eigenvalue weighted by Crippen LogP contribution is -2.71. The van der Waals surface area contributed by atoms with Crippen LogP contribution in [0.4, 0.5) is 4.79 Å². The number of hydrogen-bond acceptors (Lipinski definition) is 3. The van der Waals surface area contributed by atoms with Gasteiger partial charge in [-0.05, 0) is 46.6 Å². The van der Waals surface area contributed by atoms with Gasteiger partial charge in [-0.25, -0.2) is 4.79 Å². The number of rotatable bonds is 0. The van der Waals surface area contributed by atoms with Crippen molar-refractivity contribution in [1.82, 2.24) is 10.2 Å². The van der Waals surface area contributed by atoms with E-state index in [-0.39, 0.29) is 11.8 Å². The van der Waals surface area contributed by atoms with Gasteiger partial charge < -0.3 is 4.74 Å². The number of amides is 1. The Morgan fingerprint density at radius 3 is 2.50 bits per heavy atom. The fourth-order valence-corrected chi connectivity index (χ4v) is 2.47. The van der Waals surface area contributed by atoms with Crippen LogP contribution in [0.3, 0.4) is 0 Å². The second-order valence-corrected chi connectivity index (χ2v) is 5.80. The minimum Gasteiger partial charge on any atom is -0.444 e. The maximum absolute atomic E-state index is 12.0. The first-order chi connectivity index (χ1) is 7.43. The largest absolute Gasteiger partial charge is 0.444 e. The van der Waals surface area contributed by atoms with Gasteiger partial charge in [0.05, 0.1) is 5.66 Å². The van der Waals surface area contributed by atoms with Crippen molar-refractivity contribution in [3.63, 3.8) is 0 Å². The Bertz CT molecular complexity index is 277. The standard InChI is InChI=1S/C12H22N2O2/c1-11(2,3)16-10(15)14-9-7-12(14)6-4-5-8-13-12/h13H,4-9H2,1-3H3. The molecule has 0 saturated carbocycles. The summed E-state index contributed by atoms with van der Waals surface area (Å²) in [7, 11) is 0. The molecule has 2 aliphatic rings. The summed E-state index contributed by atoms with van der Waals surface area (Å²) in [5.41, 5.74) is -0.483. The molecule has 4 heteroatoms. The van der Waals surface area contributed by atoms with Crippen molar-refractivity contribution in [2.45, 2.75) is 57.7 Å². The monoisotopic (exact) mass is 226 g/mol. The highest BCUT2D eigenvalue weighted by molar-refractivity contribution is 5.70. The molecule has 0 aromatic heterocycles. The first kappa shape index (κ1) is 11.7. The zero-order valence-corrected chi connectivity index (χ0v) is 10.5. The van der Waals surface area contributed by atoms with Crippen LogP contribution in [0.2, 0.25) is 0 Å². The first-order valence-electron chi connectivity index (χ1n) is 6.19. The second-order valence-electron chi connectivity index (χ2n) is 5.80. The topological polar surface area (TPSA) is 41.6 Å². The minimum atomic E-state index is -0.400. The van der Waals surface area contributed by atoms with Crippen molar-refractivity contribution in [1.29, 1.82) is 0 Å². The summed E-state index contributed by atoms with van der Waals surface area (Å²) < 4.78 is 5.42. The van der Waals surface area contributed by atoms with Crippen LogP contribution in [0.15, 0.2) is 0 Å². The fourth-order valence-electron chi connectivity index (χ4n) is 2.47. The van der Waals surface area contributed by atoms with Gasteiger partial charge in [-0.1, -0.05) is 0 Å². The molecular formula is C12H22N2O2. The van der Waals surface area contributed by atoms with Crippen molar-refractivity contribution < 1.29 is 9.53 Å². The van der Waals surface area contributed by atoms with Gasteiger partial charge in [0.2, 0.25) is 0 Å². The average Bonchev–Trinajstić information content (AvgIpc) is 2.14. The van der Waals surface area contributed by atoms with Crippen molar-refractivity contribution in [2.75, 3.05) is 13.1 Å². The molecule has 2 rings (SSSR count). The van der Waals surface area contributed by atoms with E-state index in [0.29, 0.717) is 0 Å². The molecule has 0 radical (unpaired) electrons. The summed E-state index contributed by atoms with van der Waals surface area (Å²) in [6.07, 6.45) is 4.36. The van der Waals surface area contributed by atoms with Crippen LogP contribution in [0.5, 0.6) is 0 Å². The van der Waals surface area contributed by atoms with Crippen LogP contribution in [-0.2, 0) is 4.74 Å². The Morgan fingerprint density at radius 2 is 2.06 bits per heavy atom. The van der Waals surface area contributed by atoms with Gasteiger partial charge in [-0.3, -0.25) is 10.2 Å². The molecule has 1 amide bonds. The quantitative estimate of drug-likeness (QED) is 0.687. The van der Waals surface area contributed by atoms with Crippen molar-refractivity contribution in [2.24, 2.45) is 0 Å². The summed E-state index contributed by atoms with van der Waals surface area (Å²) >= 11 is 0. The molecule has 0 aromatic carbocycles. The minimum absolute atomic E-state index is 0.0828. The summed E-state index contributed by atoms with van der Waals surface area (Å²) in [5.74, 6) is 0. The van der Waals surface area contributed by atoms with Gasteiger partial charge in [0, 0.05) is 13.0 Å². The van der Waals surface area contributed by atoms with E-state index in [1.807, 2.05) is 25.7 Å². The Labute approximate surface area is 97.3 Å². The number of carbonyl (C=O) groups excluding carboxylic acids is 1. The highest BCUT2D eigenvalue weighted by Crippen LogP contribution is 2.36. The van der Waals surface area contributed by atoms with E-state index < -0.39 is 5.60 Å². The molecule has 2 heterocycles. The van der Waals surface area contributed by atoms with E-state index in [1.54, 1.807) is 0 Å². The van der Waals surface area contributed by atoms with E-state index in [9.17, 15) is 4.79 Å². The van der Waals surface area contributed by atoms with Gasteiger partial charge in [0.1, 0.15) is 5.60 Å². The van der Waals surface area contributed by atoms with Crippen LogP contribution in [0.1, 0.15) is 46.5 Å². The number of piperidine rings is 1. The van der Waals surface area contributed by atoms with Gasteiger partial charge in [-0.15, -0.1) is 0 Å². The van der Waals surface area contributed by atoms with Crippen molar-refractivity contribution in [3.8, 4) is 0 Å². The number of ether oxygens (including phenoxy) is 1. The predicted octanol–water partition coefficient (Wildman–Crippen LogP) is 2.10. The predicted molar refractivity (Wildman–Crippen MR) is 62.1 cm³/mol. The lowest BCUT2D eigenvalue weighted by atomic mass is 9.86. The molecule has 1 unspecified atom stereocenters. The maximum atomic E-state index is 12.0. The molecule has 2 fully saturated rings. The maximum Gasteiger partial charge on any atom is 0.411 e. The van der Waals surface area contributed by atoms with Crippen LogP contribution < -0.4 is 5.32 Å². The summed E-state index contributed by atoms with van der Waals surface area (Å²) in [6, 6.07) is 0. The van der Waals surface area contributed by atoms with Crippen LogP contribution in [0.25, 0.3) is 0 Å². The number of nitrogens with zero attached hydrogens (tertiary/aromatic N) is 1. The van der Waals surface area contributed by atoms with Gasteiger partial charge >= 0.3 is 6.09 Å². The molecule has 0 bridgehead atoms. The van der Waals surface area contributed by atoms with Gasteiger partial charge in [0.25, 0.3) is 0 Å². The molecule has 0 aromatic rings. The number of carbonyl (C=O) groups is 1. The Balaban J connectivity index is 1.97. The normalized spacial score (nSPS) is 30.1. The first-order valence-corrected chi connectivity index (χ1v) is 6.19. The fraction of sp³-hybridized carbons (Fsp3) is 0.917. The van der Waals surface area contributed by atoms with Crippen molar-refractivity contribution >= 4 is 6.09 Å². The molecule has 4 nitrogen and oxygen atoms in total. The molecule has 0 aliphatic carbocycles. The average molecular weight is 226 g/mol. The molecule has 2 aliphatic heterocycles. The second kappa shape index (κ2) is 3.91. The SMILES string of the molecule is CC(C)(C)OC(=O)N1CCC12CCCCN2. The zero-order valence-electron chi connectivity index (χ0n) is 10.5. The van der Waals surface area contributed by atoms with Crippen molar-refractivity contribution in [3.05, 3.63) is 0 Å². The van der Waals surface area contributed by atoms with E-state index in [2.05, 4.69) is 5.32 Å². The Hall–Kier alpha value is -0.770. The Kier molecular flexibility index (Phi) is 2.86. The Morgan fingerprint density at radius 1 is 1.31 bits per heavy atom. The highest BCUT2D eigenvalue weighted by Gasteiger charge is 2.49. The van der Waals surface area contributed by atoms with Gasteiger partial charge in [-0.2, -0.15) is 0 Å².